The molecule has 13 heavy (non-hydrogen) atoms. The van der Waals surface area contributed by atoms with Gasteiger partial charge < -0.3 is 0 Å². The maximum atomic E-state index is 8.63. The summed E-state index contributed by atoms with van der Waals surface area (Å²) in [6, 6.07) is 6.96. The largest absolute Gasteiger partial charge is 0.192 e. The number of benzene rings is 1. The summed E-state index contributed by atoms with van der Waals surface area (Å²) in [4.78, 5) is 0. The van der Waals surface area contributed by atoms with E-state index in [1.54, 1.807) is 18.2 Å². The number of hydrogen-bond donors (Lipinski definition) is 0. The molecule has 0 bridgehead atoms. The highest BCUT2D eigenvalue weighted by atomic mass is 35.5. The lowest BCUT2D eigenvalue weighted by Gasteiger charge is -1.93. The van der Waals surface area contributed by atoms with Crippen LogP contribution in [0, 0.1) is 23.2 Å². The SMILES string of the molecule is N#Cc1cc(Cl)cc(C#CCCl)c1. The molecule has 0 radical (unpaired) electrons. The number of nitrogens with zero attached hydrogens (tertiary/aromatic N) is 1. The van der Waals surface area contributed by atoms with Crippen LogP contribution in [0.25, 0.3) is 0 Å². The minimum absolute atomic E-state index is 0.272. The van der Waals surface area contributed by atoms with Crippen molar-refractivity contribution in [3.63, 3.8) is 0 Å². The van der Waals surface area contributed by atoms with Gasteiger partial charge in [-0.15, -0.1) is 11.6 Å². The van der Waals surface area contributed by atoms with Crippen LogP contribution < -0.4 is 0 Å². The Kier molecular flexibility index (Phi) is 3.65. The van der Waals surface area contributed by atoms with Crippen LogP contribution in [0.4, 0.5) is 0 Å². The van der Waals surface area contributed by atoms with Gasteiger partial charge >= 0.3 is 0 Å². The van der Waals surface area contributed by atoms with E-state index in [-0.39, 0.29) is 5.88 Å². The Morgan fingerprint density at radius 3 is 2.54 bits per heavy atom. The van der Waals surface area contributed by atoms with Crippen molar-refractivity contribution in [1.29, 1.82) is 5.26 Å². The van der Waals surface area contributed by atoms with Gasteiger partial charge in [0.1, 0.15) is 0 Å². The van der Waals surface area contributed by atoms with E-state index < -0.39 is 0 Å². The average Bonchev–Trinajstić information content (AvgIpc) is 2.14. The molecule has 1 aromatic carbocycles. The Labute approximate surface area is 86.9 Å². The first-order valence-corrected chi connectivity index (χ1v) is 4.43. The molecular weight excluding hydrogens is 205 g/mol. The fourth-order valence-corrected chi connectivity index (χ4v) is 1.16. The molecule has 0 spiro atoms. The number of rotatable bonds is 0. The van der Waals surface area contributed by atoms with Gasteiger partial charge in [0.2, 0.25) is 0 Å². The van der Waals surface area contributed by atoms with E-state index in [1.165, 1.54) is 0 Å². The number of nitriles is 1. The van der Waals surface area contributed by atoms with Crippen molar-refractivity contribution in [3.8, 4) is 17.9 Å². The van der Waals surface area contributed by atoms with E-state index in [0.717, 1.165) is 0 Å². The topological polar surface area (TPSA) is 23.8 Å². The summed E-state index contributed by atoms with van der Waals surface area (Å²) in [6.45, 7) is 0. The molecule has 0 aliphatic rings. The molecule has 0 atom stereocenters. The molecule has 0 amide bonds. The lowest BCUT2D eigenvalue weighted by molar-refractivity contribution is 1.48. The summed E-state index contributed by atoms with van der Waals surface area (Å²) in [7, 11) is 0. The fourth-order valence-electron chi connectivity index (χ4n) is 0.862. The molecule has 0 aromatic heterocycles. The molecule has 0 unspecified atom stereocenters. The minimum atomic E-state index is 0.272. The van der Waals surface area contributed by atoms with Crippen LogP contribution in [0.15, 0.2) is 18.2 Å². The van der Waals surface area contributed by atoms with E-state index >= 15 is 0 Å². The Morgan fingerprint density at radius 2 is 1.92 bits per heavy atom. The first kappa shape index (κ1) is 9.93. The normalized spacial score (nSPS) is 8.38. The highest BCUT2D eigenvalue weighted by Crippen LogP contribution is 2.13. The van der Waals surface area contributed by atoms with Crippen LogP contribution in [-0.4, -0.2) is 5.88 Å². The van der Waals surface area contributed by atoms with E-state index in [4.69, 9.17) is 28.5 Å². The first-order valence-electron chi connectivity index (χ1n) is 3.52. The van der Waals surface area contributed by atoms with Gasteiger partial charge in [0.15, 0.2) is 0 Å². The highest BCUT2D eigenvalue weighted by molar-refractivity contribution is 6.30. The van der Waals surface area contributed by atoms with Crippen molar-refractivity contribution >= 4 is 23.2 Å². The number of hydrogen-bond acceptors (Lipinski definition) is 1. The van der Waals surface area contributed by atoms with Crippen molar-refractivity contribution in [1.82, 2.24) is 0 Å². The van der Waals surface area contributed by atoms with Crippen LogP contribution >= 0.6 is 23.2 Å². The molecule has 1 aromatic rings. The predicted molar refractivity (Wildman–Crippen MR) is 53.8 cm³/mol. The monoisotopic (exact) mass is 209 g/mol. The Morgan fingerprint density at radius 1 is 1.23 bits per heavy atom. The Hall–Kier alpha value is -1.15. The zero-order valence-electron chi connectivity index (χ0n) is 6.64. The molecule has 0 fully saturated rings. The van der Waals surface area contributed by atoms with Crippen molar-refractivity contribution in [2.75, 3.05) is 5.88 Å². The molecule has 1 rings (SSSR count). The van der Waals surface area contributed by atoms with Crippen LogP contribution in [0.3, 0.4) is 0 Å². The third-order valence-corrected chi connectivity index (χ3v) is 1.68. The van der Waals surface area contributed by atoms with Crippen LogP contribution in [0.2, 0.25) is 5.02 Å². The zero-order valence-corrected chi connectivity index (χ0v) is 8.15. The van der Waals surface area contributed by atoms with Crippen molar-refractivity contribution in [3.05, 3.63) is 34.3 Å². The minimum Gasteiger partial charge on any atom is -0.192 e. The third-order valence-electron chi connectivity index (χ3n) is 1.33. The molecule has 0 heterocycles. The smallest absolute Gasteiger partial charge is 0.0992 e. The van der Waals surface area contributed by atoms with Gasteiger partial charge in [-0.1, -0.05) is 23.4 Å². The van der Waals surface area contributed by atoms with Crippen LogP contribution in [-0.2, 0) is 0 Å². The first-order chi connectivity index (χ1) is 6.26. The summed E-state index contributed by atoms with van der Waals surface area (Å²) in [5, 5.41) is 9.14. The molecule has 0 saturated carbocycles. The molecule has 64 valence electrons. The van der Waals surface area contributed by atoms with Crippen LogP contribution in [0.1, 0.15) is 11.1 Å². The van der Waals surface area contributed by atoms with E-state index in [9.17, 15) is 0 Å². The maximum absolute atomic E-state index is 8.63. The van der Waals surface area contributed by atoms with Crippen LogP contribution in [0.5, 0.6) is 0 Å². The van der Waals surface area contributed by atoms with Crippen molar-refractivity contribution < 1.29 is 0 Å². The summed E-state index contributed by atoms with van der Waals surface area (Å²) in [5.41, 5.74) is 1.22. The van der Waals surface area contributed by atoms with Crippen molar-refractivity contribution in [2.45, 2.75) is 0 Å². The third kappa shape index (κ3) is 2.99. The van der Waals surface area contributed by atoms with Crippen molar-refractivity contribution in [2.24, 2.45) is 0 Å². The maximum Gasteiger partial charge on any atom is 0.0992 e. The summed E-state index contributed by atoms with van der Waals surface area (Å²) in [5.74, 6) is 5.76. The number of alkyl halides is 1. The van der Waals surface area contributed by atoms with Gasteiger partial charge in [0, 0.05) is 10.6 Å². The summed E-state index contributed by atoms with van der Waals surface area (Å²) < 4.78 is 0. The molecule has 0 N–H and O–H groups in total. The van der Waals surface area contributed by atoms with Gasteiger partial charge in [0.25, 0.3) is 0 Å². The Bertz CT molecular complexity index is 407. The second-order valence-corrected chi connectivity index (χ2v) is 2.98. The average molecular weight is 210 g/mol. The highest BCUT2D eigenvalue weighted by Gasteiger charge is 1.95. The zero-order chi connectivity index (χ0) is 9.68. The van der Waals surface area contributed by atoms with E-state index in [1.807, 2.05) is 6.07 Å². The van der Waals surface area contributed by atoms with Gasteiger partial charge in [-0.2, -0.15) is 5.26 Å². The lowest BCUT2D eigenvalue weighted by atomic mass is 10.1. The summed E-state index contributed by atoms with van der Waals surface area (Å²) >= 11 is 11.1. The molecular formula is C10H5Cl2N. The predicted octanol–water partition coefficient (Wildman–Crippen LogP) is 2.80. The molecule has 0 saturated heterocycles. The summed E-state index contributed by atoms with van der Waals surface area (Å²) in [6.07, 6.45) is 0. The molecule has 0 aliphatic heterocycles. The van der Waals surface area contributed by atoms with Gasteiger partial charge in [-0.3, -0.25) is 0 Å². The Balaban J connectivity index is 3.10. The lowest BCUT2D eigenvalue weighted by Crippen LogP contribution is -1.79. The molecule has 3 heteroatoms. The second-order valence-electron chi connectivity index (χ2n) is 2.28. The fraction of sp³-hybridized carbons (Fsp3) is 0.100. The van der Waals surface area contributed by atoms with Gasteiger partial charge in [0.05, 0.1) is 17.5 Å². The number of halogens is 2. The second kappa shape index (κ2) is 4.77. The molecule has 0 aliphatic carbocycles. The molecule has 1 nitrogen and oxygen atoms in total. The standard InChI is InChI=1S/C10H5Cl2N/c11-3-1-2-8-4-9(7-13)6-10(12)5-8/h4-6H,3H2. The van der Waals surface area contributed by atoms with Gasteiger partial charge in [-0.05, 0) is 18.2 Å². The van der Waals surface area contributed by atoms with E-state index in [0.29, 0.717) is 16.1 Å². The quantitative estimate of drug-likeness (QED) is 0.477. The van der Waals surface area contributed by atoms with Gasteiger partial charge in [-0.25, -0.2) is 0 Å². The van der Waals surface area contributed by atoms with E-state index in [2.05, 4.69) is 11.8 Å².